The molecule has 1 aliphatic heterocycles. The van der Waals surface area contributed by atoms with Crippen molar-refractivity contribution in [3.05, 3.63) is 94.5 Å². The summed E-state index contributed by atoms with van der Waals surface area (Å²) in [6.45, 7) is 6.26. The number of carbonyl (C=O) groups is 1. The lowest BCUT2D eigenvalue weighted by Crippen LogP contribution is -2.38. The zero-order chi connectivity index (χ0) is 22.6. The molecule has 162 valence electrons. The normalized spacial score (nSPS) is 13.8. The molecule has 4 rings (SSSR count). The Balaban J connectivity index is 1.37. The summed E-state index contributed by atoms with van der Waals surface area (Å²) in [5, 5.41) is 3.35. The van der Waals surface area contributed by atoms with Crippen LogP contribution in [0.4, 0.5) is 5.69 Å². The molecule has 0 saturated heterocycles. The molecule has 0 unspecified atom stereocenters. The quantitative estimate of drug-likeness (QED) is 0.406. The van der Waals surface area contributed by atoms with Crippen LogP contribution in [0.2, 0.25) is 0 Å². The number of ether oxygens (including phenoxy) is 2. The average Bonchev–Trinajstić information content (AvgIpc) is 2.78. The van der Waals surface area contributed by atoms with E-state index in [9.17, 15) is 4.79 Å². The van der Waals surface area contributed by atoms with Crippen LogP contribution in [-0.2, 0) is 17.7 Å². The standard InChI is InChI=1S/C28H27NO3/c1-4-5-20-6-8-21(9-7-20)10-11-22-12-14-23(15-13-22)19-29-24-16-17-26-25(18-24)27(30)32-28(2,3)31-26/h6-9,12-18,29H,4-5,19H2,1-3H3. The summed E-state index contributed by atoms with van der Waals surface area (Å²) in [5.41, 5.74) is 5.73. The van der Waals surface area contributed by atoms with Gasteiger partial charge in [-0.05, 0) is 60.0 Å². The fourth-order valence-electron chi connectivity index (χ4n) is 3.55. The van der Waals surface area contributed by atoms with Crippen molar-refractivity contribution in [2.45, 2.75) is 45.9 Å². The zero-order valence-corrected chi connectivity index (χ0v) is 18.7. The first-order chi connectivity index (χ1) is 15.4. The van der Waals surface area contributed by atoms with Gasteiger partial charge in [-0.15, -0.1) is 0 Å². The van der Waals surface area contributed by atoms with Gasteiger partial charge in [0.25, 0.3) is 0 Å². The highest BCUT2D eigenvalue weighted by Crippen LogP contribution is 2.33. The molecular weight excluding hydrogens is 398 g/mol. The number of hydrogen-bond donors (Lipinski definition) is 1. The summed E-state index contributed by atoms with van der Waals surface area (Å²) < 4.78 is 11.0. The van der Waals surface area contributed by atoms with Gasteiger partial charge in [0.05, 0.1) is 0 Å². The smallest absolute Gasteiger partial charge is 0.345 e. The largest absolute Gasteiger partial charge is 0.452 e. The summed E-state index contributed by atoms with van der Waals surface area (Å²) in [6, 6.07) is 22.1. The minimum absolute atomic E-state index is 0.372. The van der Waals surface area contributed by atoms with Crippen LogP contribution in [-0.4, -0.2) is 11.8 Å². The highest BCUT2D eigenvalue weighted by Gasteiger charge is 2.33. The Morgan fingerprint density at radius 2 is 1.47 bits per heavy atom. The van der Waals surface area contributed by atoms with E-state index in [0.29, 0.717) is 17.9 Å². The van der Waals surface area contributed by atoms with Crippen molar-refractivity contribution < 1.29 is 14.3 Å². The second-order valence-corrected chi connectivity index (χ2v) is 8.35. The Hall–Kier alpha value is -3.71. The molecule has 0 fully saturated rings. The third kappa shape index (κ3) is 5.31. The number of anilines is 1. The minimum Gasteiger partial charge on any atom is -0.452 e. The van der Waals surface area contributed by atoms with E-state index in [2.05, 4.69) is 60.5 Å². The van der Waals surface area contributed by atoms with Crippen molar-refractivity contribution in [2.75, 3.05) is 5.32 Å². The number of benzene rings is 3. The first kappa shape index (κ1) is 21.5. The third-order valence-corrected chi connectivity index (χ3v) is 5.19. The monoisotopic (exact) mass is 425 g/mol. The Bertz CT molecular complexity index is 1170. The lowest BCUT2D eigenvalue weighted by molar-refractivity contribution is -0.127. The number of fused-ring (bicyclic) bond motifs is 1. The third-order valence-electron chi connectivity index (χ3n) is 5.19. The molecule has 0 saturated carbocycles. The van der Waals surface area contributed by atoms with Crippen molar-refractivity contribution >= 4 is 11.7 Å². The molecule has 0 amide bonds. The van der Waals surface area contributed by atoms with E-state index < -0.39 is 5.79 Å². The Labute approximate surface area is 189 Å². The molecular formula is C28H27NO3. The van der Waals surface area contributed by atoms with Crippen LogP contribution < -0.4 is 10.1 Å². The Morgan fingerprint density at radius 3 is 2.09 bits per heavy atom. The molecule has 0 radical (unpaired) electrons. The maximum absolute atomic E-state index is 12.2. The van der Waals surface area contributed by atoms with E-state index in [-0.39, 0.29) is 5.97 Å². The maximum Gasteiger partial charge on any atom is 0.345 e. The summed E-state index contributed by atoms with van der Waals surface area (Å²) >= 11 is 0. The number of aryl methyl sites for hydroxylation is 1. The summed E-state index contributed by atoms with van der Waals surface area (Å²) in [4.78, 5) is 12.2. The Morgan fingerprint density at radius 1 is 0.844 bits per heavy atom. The first-order valence-electron chi connectivity index (χ1n) is 10.9. The molecule has 1 N–H and O–H groups in total. The number of hydrogen-bond acceptors (Lipinski definition) is 4. The van der Waals surface area contributed by atoms with E-state index in [4.69, 9.17) is 9.47 Å². The highest BCUT2D eigenvalue weighted by atomic mass is 16.7. The molecule has 4 nitrogen and oxygen atoms in total. The van der Waals surface area contributed by atoms with Gasteiger partial charge < -0.3 is 14.8 Å². The summed E-state index contributed by atoms with van der Waals surface area (Å²) in [5.74, 6) is 5.68. The van der Waals surface area contributed by atoms with Crippen molar-refractivity contribution in [2.24, 2.45) is 0 Å². The van der Waals surface area contributed by atoms with Gasteiger partial charge in [0, 0.05) is 37.2 Å². The number of carbonyl (C=O) groups excluding carboxylic acids is 1. The van der Waals surface area contributed by atoms with Crippen molar-refractivity contribution in [3.63, 3.8) is 0 Å². The van der Waals surface area contributed by atoms with Gasteiger partial charge in [0.15, 0.2) is 0 Å². The van der Waals surface area contributed by atoms with Gasteiger partial charge in [-0.3, -0.25) is 0 Å². The molecule has 0 spiro atoms. The molecule has 0 atom stereocenters. The zero-order valence-electron chi connectivity index (χ0n) is 18.7. The van der Waals surface area contributed by atoms with Gasteiger partial charge in [-0.1, -0.05) is 49.5 Å². The van der Waals surface area contributed by atoms with Gasteiger partial charge >= 0.3 is 5.97 Å². The topological polar surface area (TPSA) is 47.6 Å². The Kier molecular flexibility index (Phi) is 6.18. The van der Waals surface area contributed by atoms with Crippen LogP contribution in [0.1, 0.15) is 59.8 Å². The van der Waals surface area contributed by atoms with Gasteiger partial charge in [-0.25, -0.2) is 4.79 Å². The van der Waals surface area contributed by atoms with E-state index in [0.717, 1.165) is 35.2 Å². The molecule has 32 heavy (non-hydrogen) atoms. The molecule has 0 bridgehead atoms. The molecule has 0 aliphatic carbocycles. The maximum atomic E-state index is 12.2. The van der Waals surface area contributed by atoms with Crippen LogP contribution in [0.5, 0.6) is 5.75 Å². The summed E-state index contributed by atoms with van der Waals surface area (Å²) in [6.07, 6.45) is 2.25. The number of esters is 1. The average molecular weight is 426 g/mol. The first-order valence-corrected chi connectivity index (χ1v) is 10.9. The van der Waals surface area contributed by atoms with E-state index in [1.807, 2.05) is 18.2 Å². The van der Waals surface area contributed by atoms with Crippen molar-refractivity contribution in [1.82, 2.24) is 0 Å². The number of rotatable bonds is 5. The molecule has 1 aliphatic rings. The highest BCUT2D eigenvalue weighted by molar-refractivity contribution is 5.94. The van der Waals surface area contributed by atoms with E-state index in [1.54, 1.807) is 26.0 Å². The fourth-order valence-corrected chi connectivity index (χ4v) is 3.55. The lowest BCUT2D eigenvalue weighted by atomic mass is 10.1. The van der Waals surface area contributed by atoms with Gasteiger partial charge in [-0.2, -0.15) is 0 Å². The SMILES string of the molecule is CCCc1ccc(C#Cc2ccc(CNc3ccc4c(c3)C(=O)OC(C)(C)O4)cc2)cc1. The van der Waals surface area contributed by atoms with Crippen LogP contribution in [0.25, 0.3) is 0 Å². The lowest BCUT2D eigenvalue weighted by Gasteiger charge is -2.31. The van der Waals surface area contributed by atoms with E-state index in [1.165, 1.54) is 5.56 Å². The molecule has 1 heterocycles. The number of nitrogens with one attached hydrogen (secondary N) is 1. The minimum atomic E-state index is -0.942. The van der Waals surface area contributed by atoms with Gasteiger partial charge in [0.1, 0.15) is 11.3 Å². The van der Waals surface area contributed by atoms with Crippen molar-refractivity contribution in [3.8, 4) is 17.6 Å². The molecule has 3 aromatic carbocycles. The predicted octanol–water partition coefficient (Wildman–Crippen LogP) is 5.94. The van der Waals surface area contributed by atoms with Crippen LogP contribution >= 0.6 is 0 Å². The summed E-state index contributed by atoms with van der Waals surface area (Å²) in [7, 11) is 0. The van der Waals surface area contributed by atoms with E-state index >= 15 is 0 Å². The fraction of sp³-hybridized carbons (Fsp3) is 0.250. The molecule has 3 aromatic rings. The molecule has 4 heteroatoms. The van der Waals surface area contributed by atoms with Crippen molar-refractivity contribution in [1.29, 1.82) is 0 Å². The predicted molar refractivity (Wildman–Crippen MR) is 127 cm³/mol. The molecule has 0 aromatic heterocycles. The second kappa shape index (κ2) is 9.20. The number of cyclic esters (lactones) is 1. The van der Waals surface area contributed by atoms with Crippen LogP contribution in [0, 0.1) is 11.8 Å². The van der Waals surface area contributed by atoms with Gasteiger partial charge in [0.2, 0.25) is 5.79 Å². The van der Waals surface area contributed by atoms with Crippen LogP contribution in [0.3, 0.4) is 0 Å². The van der Waals surface area contributed by atoms with Crippen LogP contribution in [0.15, 0.2) is 66.7 Å². The second-order valence-electron chi connectivity index (χ2n) is 8.35.